The third-order valence-electron chi connectivity index (χ3n) is 3.54. The number of benzene rings is 1. The molecule has 0 aliphatic heterocycles. The van der Waals surface area contributed by atoms with E-state index in [2.05, 4.69) is 0 Å². The highest BCUT2D eigenvalue weighted by Crippen LogP contribution is 2.27. The quantitative estimate of drug-likeness (QED) is 0.481. The van der Waals surface area contributed by atoms with E-state index in [0.29, 0.717) is 31.1 Å². The van der Waals surface area contributed by atoms with Gasteiger partial charge in [0.25, 0.3) is 0 Å². The van der Waals surface area contributed by atoms with Crippen LogP contribution in [-0.2, 0) is 25.4 Å². The molecule has 0 aromatic heterocycles. The molecule has 0 spiro atoms. The summed E-state index contributed by atoms with van der Waals surface area (Å²) >= 11 is 0. The summed E-state index contributed by atoms with van der Waals surface area (Å²) in [5.41, 5.74) is 0.986. The maximum absolute atomic E-state index is 12.3. The molecule has 0 aliphatic carbocycles. The summed E-state index contributed by atoms with van der Waals surface area (Å²) in [5, 5.41) is 0. The topological polar surface area (TPSA) is 74.3 Å². The van der Waals surface area contributed by atoms with Gasteiger partial charge in [-0.2, -0.15) is 0 Å². The number of hydrogen-bond donors (Lipinski definition) is 0. The molecule has 1 rings (SSSR count). The Morgan fingerprint density at radius 1 is 1.19 bits per heavy atom. The van der Waals surface area contributed by atoms with Gasteiger partial charge in [0.05, 0.1) is 6.61 Å². The predicted octanol–water partition coefficient (Wildman–Crippen LogP) is 3.58. The van der Waals surface area contributed by atoms with Crippen LogP contribution in [-0.4, -0.2) is 51.6 Å². The Kier molecular flexibility index (Phi) is 9.08. The van der Waals surface area contributed by atoms with Crippen molar-refractivity contribution in [3.05, 3.63) is 23.8 Å². The zero-order chi connectivity index (χ0) is 20.4. The minimum Gasteiger partial charge on any atom is -0.482 e. The highest BCUT2D eigenvalue weighted by molar-refractivity contribution is 5.87. The standard InChI is InChI=1S/C20H31NO6/c1-7-25-18(22)14-26-17-11-10-16(13-15(17)9-8-12-24-6)21(5)19(23)27-20(2,3)4/h10-11,13H,7-9,12,14H2,1-6H3. The first-order valence-corrected chi connectivity index (χ1v) is 9.05. The maximum atomic E-state index is 12.3. The number of hydrogen-bond acceptors (Lipinski definition) is 6. The molecule has 1 aromatic rings. The van der Waals surface area contributed by atoms with Crippen LogP contribution in [0.15, 0.2) is 18.2 Å². The van der Waals surface area contributed by atoms with Crippen LogP contribution < -0.4 is 9.64 Å². The van der Waals surface area contributed by atoms with Crippen molar-refractivity contribution in [3.8, 4) is 5.75 Å². The molecule has 1 amide bonds. The van der Waals surface area contributed by atoms with Crippen molar-refractivity contribution in [2.45, 2.75) is 46.1 Å². The number of esters is 1. The number of methoxy groups -OCH3 is 1. The van der Waals surface area contributed by atoms with Crippen molar-refractivity contribution in [3.63, 3.8) is 0 Å². The van der Waals surface area contributed by atoms with Gasteiger partial charge in [0.2, 0.25) is 0 Å². The van der Waals surface area contributed by atoms with Gasteiger partial charge in [-0.25, -0.2) is 9.59 Å². The van der Waals surface area contributed by atoms with Crippen LogP contribution in [0.2, 0.25) is 0 Å². The number of anilines is 1. The van der Waals surface area contributed by atoms with Gasteiger partial charge in [0.1, 0.15) is 11.4 Å². The molecule has 0 fully saturated rings. The second kappa shape index (κ2) is 10.8. The lowest BCUT2D eigenvalue weighted by molar-refractivity contribution is -0.145. The number of amides is 1. The van der Waals surface area contributed by atoms with Gasteiger partial charge in [-0.05, 0) is 64.3 Å². The van der Waals surface area contributed by atoms with Crippen LogP contribution in [0.4, 0.5) is 10.5 Å². The highest BCUT2D eigenvalue weighted by Gasteiger charge is 2.21. The summed E-state index contributed by atoms with van der Waals surface area (Å²) in [5.74, 6) is 0.163. The molecule has 27 heavy (non-hydrogen) atoms. The first-order valence-electron chi connectivity index (χ1n) is 9.05. The van der Waals surface area contributed by atoms with Crippen molar-refractivity contribution in [1.29, 1.82) is 0 Å². The monoisotopic (exact) mass is 381 g/mol. The third kappa shape index (κ3) is 8.30. The van der Waals surface area contributed by atoms with Crippen molar-refractivity contribution in [2.75, 3.05) is 38.9 Å². The zero-order valence-electron chi connectivity index (χ0n) is 17.2. The third-order valence-corrected chi connectivity index (χ3v) is 3.54. The van der Waals surface area contributed by atoms with Crippen LogP contribution in [0.25, 0.3) is 0 Å². The van der Waals surface area contributed by atoms with Gasteiger partial charge in [-0.1, -0.05) is 0 Å². The number of carbonyl (C=O) groups excluding carboxylic acids is 2. The molecule has 0 N–H and O–H groups in total. The predicted molar refractivity (Wildman–Crippen MR) is 103 cm³/mol. The van der Waals surface area contributed by atoms with E-state index in [1.807, 2.05) is 26.8 Å². The minimum atomic E-state index is -0.574. The van der Waals surface area contributed by atoms with Crippen molar-refractivity contribution >= 4 is 17.7 Å². The van der Waals surface area contributed by atoms with Gasteiger partial charge >= 0.3 is 12.1 Å². The number of aryl methyl sites for hydroxylation is 1. The molecule has 152 valence electrons. The summed E-state index contributed by atoms with van der Waals surface area (Å²) in [6.45, 7) is 7.96. The Morgan fingerprint density at radius 2 is 1.89 bits per heavy atom. The fourth-order valence-electron chi connectivity index (χ4n) is 2.29. The second-order valence-corrected chi connectivity index (χ2v) is 7.02. The SMILES string of the molecule is CCOC(=O)COc1ccc(N(C)C(=O)OC(C)(C)C)cc1CCCOC. The normalized spacial score (nSPS) is 11.0. The second-order valence-electron chi connectivity index (χ2n) is 7.02. The summed E-state index contributed by atoms with van der Waals surface area (Å²) in [4.78, 5) is 25.3. The number of carbonyl (C=O) groups is 2. The lowest BCUT2D eigenvalue weighted by Crippen LogP contribution is -2.34. The van der Waals surface area contributed by atoms with Crippen LogP contribution in [0.5, 0.6) is 5.75 Å². The summed E-state index contributed by atoms with van der Waals surface area (Å²) in [6.07, 6.45) is 1.03. The van der Waals surface area contributed by atoms with E-state index < -0.39 is 17.7 Å². The number of nitrogens with zero attached hydrogens (tertiary/aromatic N) is 1. The van der Waals surface area contributed by atoms with Crippen LogP contribution in [0, 0.1) is 0 Å². The van der Waals surface area contributed by atoms with Crippen LogP contribution in [0.1, 0.15) is 39.7 Å². The summed E-state index contributed by atoms with van der Waals surface area (Å²) < 4.78 is 21.0. The van der Waals surface area contributed by atoms with Gasteiger partial charge in [-0.15, -0.1) is 0 Å². The van der Waals surface area contributed by atoms with E-state index in [-0.39, 0.29) is 6.61 Å². The lowest BCUT2D eigenvalue weighted by Gasteiger charge is -2.25. The van der Waals surface area contributed by atoms with Crippen molar-refractivity contribution in [1.82, 2.24) is 0 Å². The molecule has 0 saturated heterocycles. The Labute approximate surface area is 161 Å². The molecule has 0 saturated carbocycles. The minimum absolute atomic E-state index is 0.160. The van der Waals surface area contributed by atoms with E-state index in [4.69, 9.17) is 18.9 Å². The summed E-state index contributed by atoms with van der Waals surface area (Å²) in [7, 11) is 3.30. The first kappa shape index (κ1) is 22.8. The molecule has 1 aromatic carbocycles. The summed E-state index contributed by atoms with van der Waals surface area (Å²) in [6, 6.07) is 5.36. The van der Waals surface area contributed by atoms with Gasteiger partial charge in [0.15, 0.2) is 6.61 Å². The maximum Gasteiger partial charge on any atom is 0.414 e. The lowest BCUT2D eigenvalue weighted by atomic mass is 10.1. The Balaban J connectivity index is 2.95. The fourth-order valence-corrected chi connectivity index (χ4v) is 2.29. The molecule has 0 bridgehead atoms. The van der Waals surface area contributed by atoms with E-state index in [9.17, 15) is 9.59 Å². The highest BCUT2D eigenvalue weighted by atomic mass is 16.6. The average Bonchev–Trinajstić information content (AvgIpc) is 2.59. The van der Waals surface area contributed by atoms with Gasteiger partial charge in [-0.3, -0.25) is 4.90 Å². The molecule has 0 aliphatic rings. The van der Waals surface area contributed by atoms with Crippen molar-refractivity contribution < 1.29 is 28.5 Å². The average molecular weight is 381 g/mol. The Bertz CT molecular complexity index is 623. The van der Waals surface area contributed by atoms with E-state index >= 15 is 0 Å². The largest absolute Gasteiger partial charge is 0.482 e. The van der Waals surface area contributed by atoms with Gasteiger partial charge < -0.3 is 18.9 Å². The van der Waals surface area contributed by atoms with Crippen molar-refractivity contribution in [2.24, 2.45) is 0 Å². The molecular weight excluding hydrogens is 350 g/mol. The first-order chi connectivity index (χ1) is 12.7. The molecule has 7 heteroatoms. The van der Waals surface area contributed by atoms with Gasteiger partial charge in [0, 0.05) is 26.5 Å². The van der Waals surface area contributed by atoms with E-state index in [1.54, 1.807) is 33.2 Å². The molecular formula is C20H31NO6. The van der Waals surface area contributed by atoms with E-state index in [0.717, 1.165) is 12.0 Å². The fraction of sp³-hybridized carbons (Fsp3) is 0.600. The smallest absolute Gasteiger partial charge is 0.414 e. The Morgan fingerprint density at radius 3 is 2.48 bits per heavy atom. The zero-order valence-corrected chi connectivity index (χ0v) is 17.2. The van der Waals surface area contributed by atoms with E-state index in [1.165, 1.54) is 4.90 Å². The molecule has 7 nitrogen and oxygen atoms in total. The number of rotatable bonds is 9. The molecule has 0 radical (unpaired) electrons. The molecule has 0 heterocycles. The number of ether oxygens (including phenoxy) is 4. The molecule has 0 unspecified atom stereocenters. The Hall–Kier alpha value is -2.28. The van der Waals surface area contributed by atoms with Crippen LogP contribution >= 0.6 is 0 Å². The van der Waals surface area contributed by atoms with Crippen LogP contribution in [0.3, 0.4) is 0 Å². The molecule has 0 atom stereocenters.